The first-order chi connectivity index (χ1) is 8.66. The SMILES string of the molecule is O=C(NCc1cccc(O)c1)c1ccncc1F. The Morgan fingerprint density at radius 2 is 2.22 bits per heavy atom. The van der Waals surface area contributed by atoms with Crippen molar-refractivity contribution in [2.24, 2.45) is 0 Å². The highest BCUT2D eigenvalue weighted by Crippen LogP contribution is 2.11. The first-order valence-electron chi connectivity index (χ1n) is 5.32. The molecule has 92 valence electrons. The molecule has 0 atom stereocenters. The Morgan fingerprint density at radius 3 is 2.94 bits per heavy atom. The van der Waals surface area contributed by atoms with Gasteiger partial charge < -0.3 is 10.4 Å². The summed E-state index contributed by atoms with van der Waals surface area (Å²) in [5, 5.41) is 11.8. The number of hydrogen-bond acceptors (Lipinski definition) is 3. The van der Waals surface area contributed by atoms with Crippen LogP contribution in [-0.4, -0.2) is 16.0 Å². The lowest BCUT2D eigenvalue weighted by Gasteiger charge is -2.06. The highest BCUT2D eigenvalue weighted by molar-refractivity contribution is 5.94. The number of carbonyl (C=O) groups excluding carboxylic acids is 1. The molecule has 2 N–H and O–H groups in total. The number of amides is 1. The number of benzene rings is 1. The minimum Gasteiger partial charge on any atom is -0.508 e. The molecule has 0 aliphatic carbocycles. The zero-order valence-electron chi connectivity index (χ0n) is 9.43. The first kappa shape index (κ1) is 12.0. The Balaban J connectivity index is 2.03. The van der Waals surface area contributed by atoms with Gasteiger partial charge in [0.05, 0.1) is 11.8 Å². The molecule has 1 aromatic carbocycles. The van der Waals surface area contributed by atoms with Crippen LogP contribution in [0.5, 0.6) is 5.75 Å². The number of carbonyl (C=O) groups is 1. The van der Waals surface area contributed by atoms with Crippen molar-refractivity contribution < 1.29 is 14.3 Å². The van der Waals surface area contributed by atoms with E-state index in [1.54, 1.807) is 12.1 Å². The molecule has 0 saturated carbocycles. The predicted molar refractivity (Wildman–Crippen MR) is 63.5 cm³/mol. The van der Waals surface area contributed by atoms with Gasteiger partial charge >= 0.3 is 0 Å². The summed E-state index contributed by atoms with van der Waals surface area (Å²) in [5.74, 6) is -1.05. The van der Waals surface area contributed by atoms with Crippen molar-refractivity contribution in [2.75, 3.05) is 0 Å². The van der Waals surface area contributed by atoms with E-state index in [-0.39, 0.29) is 17.9 Å². The number of nitrogens with one attached hydrogen (secondary N) is 1. The second-order valence-corrected chi connectivity index (χ2v) is 3.71. The minimum atomic E-state index is -0.661. The monoisotopic (exact) mass is 246 g/mol. The van der Waals surface area contributed by atoms with Gasteiger partial charge in [0.25, 0.3) is 5.91 Å². The quantitative estimate of drug-likeness (QED) is 0.868. The van der Waals surface area contributed by atoms with E-state index in [4.69, 9.17) is 0 Å². The molecule has 0 spiro atoms. The van der Waals surface area contributed by atoms with Gasteiger partial charge in [-0.15, -0.1) is 0 Å². The molecule has 0 unspecified atom stereocenters. The van der Waals surface area contributed by atoms with Crippen molar-refractivity contribution in [3.63, 3.8) is 0 Å². The molecule has 2 aromatic rings. The first-order valence-corrected chi connectivity index (χ1v) is 5.32. The molecule has 0 bridgehead atoms. The van der Waals surface area contributed by atoms with Crippen LogP contribution < -0.4 is 5.32 Å². The Morgan fingerprint density at radius 1 is 1.39 bits per heavy atom. The predicted octanol–water partition coefficient (Wildman–Crippen LogP) is 1.86. The number of phenolic OH excluding ortho intramolecular Hbond substituents is 1. The third kappa shape index (κ3) is 2.82. The minimum absolute atomic E-state index is 0.0508. The van der Waals surface area contributed by atoms with Crippen molar-refractivity contribution in [3.8, 4) is 5.75 Å². The van der Waals surface area contributed by atoms with E-state index >= 15 is 0 Å². The number of pyridine rings is 1. The summed E-state index contributed by atoms with van der Waals surface area (Å²) < 4.78 is 13.3. The lowest BCUT2D eigenvalue weighted by atomic mass is 10.2. The van der Waals surface area contributed by atoms with E-state index in [2.05, 4.69) is 10.3 Å². The molecule has 0 radical (unpaired) electrons. The van der Waals surface area contributed by atoms with Crippen LogP contribution in [0.15, 0.2) is 42.7 Å². The maximum Gasteiger partial charge on any atom is 0.254 e. The molecular formula is C13H11FN2O2. The van der Waals surface area contributed by atoms with E-state index in [9.17, 15) is 14.3 Å². The van der Waals surface area contributed by atoms with Crippen LogP contribution in [0.1, 0.15) is 15.9 Å². The van der Waals surface area contributed by atoms with E-state index in [1.165, 1.54) is 24.4 Å². The fourth-order valence-electron chi connectivity index (χ4n) is 1.50. The van der Waals surface area contributed by atoms with Crippen molar-refractivity contribution in [1.29, 1.82) is 0 Å². The number of hydrogen-bond donors (Lipinski definition) is 2. The Bertz CT molecular complexity index is 572. The van der Waals surface area contributed by atoms with E-state index < -0.39 is 11.7 Å². The van der Waals surface area contributed by atoms with E-state index in [1.807, 2.05) is 0 Å². The molecule has 0 aliphatic rings. The fraction of sp³-hybridized carbons (Fsp3) is 0.0769. The number of rotatable bonds is 3. The van der Waals surface area contributed by atoms with Crippen molar-refractivity contribution in [1.82, 2.24) is 10.3 Å². The zero-order valence-corrected chi connectivity index (χ0v) is 9.43. The van der Waals surface area contributed by atoms with E-state index in [0.29, 0.717) is 0 Å². The average molecular weight is 246 g/mol. The van der Waals surface area contributed by atoms with Crippen molar-refractivity contribution in [2.45, 2.75) is 6.54 Å². The summed E-state index contributed by atoms with van der Waals surface area (Å²) in [6.45, 7) is 0.217. The van der Waals surface area contributed by atoms with E-state index in [0.717, 1.165) is 11.8 Å². The topological polar surface area (TPSA) is 62.2 Å². The summed E-state index contributed by atoms with van der Waals surface area (Å²) in [6.07, 6.45) is 2.34. The smallest absolute Gasteiger partial charge is 0.254 e. The molecule has 0 fully saturated rings. The van der Waals surface area contributed by atoms with Crippen LogP contribution in [-0.2, 0) is 6.54 Å². The third-order valence-electron chi connectivity index (χ3n) is 2.38. The molecule has 18 heavy (non-hydrogen) atoms. The van der Waals surface area contributed by atoms with Crippen LogP contribution in [0.2, 0.25) is 0 Å². The molecule has 4 nitrogen and oxygen atoms in total. The Hall–Kier alpha value is -2.43. The number of aromatic hydroxyl groups is 1. The largest absolute Gasteiger partial charge is 0.508 e. The van der Waals surface area contributed by atoms with Crippen LogP contribution in [0.3, 0.4) is 0 Å². The Kier molecular flexibility index (Phi) is 3.52. The van der Waals surface area contributed by atoms with Crippen LogP contribution in [0.25, 0.3) is 0 Å². The average Bonchev–Trinajstić information content (AvgIpc) is 2.37. The summed E-state index contributed by atoms with van der Waals surface area (Å²) in [7, 11) is 0. The molecule has 0 saturated heterocycles. The number of phenols is 1. The van der Waals surface area contributed by atoms with Crippen molar-refractivity contribution in [3.05, 3.63) is 59.7 Å². The molecule has 0 aliphatic heterocycles. The number of halogens is 1. The lowest BCUT2D eigenvalue weighted by Crippen LogP contribution is -2.23. The number of nitrogens with zero attached hydrogens (tertiary/aromatic N) is 1. The van der Waals surface area contributed by atoms with Gasteiger partial charge in [0.15, 0.2) is 5.82 Å². The van der Waals surface area contributed by atoms with Crippen LogP contribution in [0, 0.1) is 5.82 Å². The van der Waals surface area contributed by atoms with Gasteiger partial charge in [0, 0.05) is 12.7 Å². The van der Waals surface area contributed by atoms with Gasteiger partial charge in [0.1, 0.15) is 5.75 Å². The maximum absolute atomic E-state index is 13.3. The van der Waals surface area contributed by atoms with Crippen LogP contribution >= 0.6 is 0 Å². The Labute approximate surface area is 103 Å². The van der Waals surface area contributed by atoms with Crippen molar-refractivity contribution >= 4 is 5.91 Å². The van der Waals surface area contributed by atoms with Gasteiger partial charge in [-0.2, -0.15) is 0 Å². The molecule has 1 heterocycles. The summed E-state index contributed by atoms with van der Waals surface area (Å²) in [4.78, 5) is 15.3. The highest BCUT2D eigenvalue weighted by Gasteiger charge is 2.10. The zero-order chi connectivity index (χ0) is 13.0. The third-order valence-corrected chi connectivity index (χ3v) is 2.38. The molecular weight excluding hydrogens is 235 g/mol. The summed E-state index contributed by atoms with van der Waals surface area (Å²) >= 11 is 0. The van der Waals surface area contributed by atoms with Crippen LogP contribution in [0.4, 0.5) is 4.39 Å². The van der Waals surface area contributed by atoms with Gasteiger partial charge in [0.2, 0.25) is 0 Å². The normalized spacial score (nSPS) is 10.1. The van der Waals surface area contributed by atoms with Gasteiger partial charge in [-0.25, -0.2) is 4.39 Å². The lowest BCUT2D eigenvalue weighted by molar-refractivity contribution is 0.0946. The van der Waals surface area contributed by atoms with Gasteiger partial charge in [-0.1, -0.05) is 12.1 Å². The second-order valence-electron chi connectivity index (χ2n) is 3.71. The standard InChI is InChI=1S/C13H11FN2O2/c14-12-8-15-5-4-11(12)13(18)16-7-9-2-1-3-10(17)6-9/h1-6,8,17H,7H2,(H,16,18). The molecule has 5 heteroatoms. The van der Waals surface area contributed by atoms with Gasteiger partial charge in [-0.05, 0) is 23.8 Å². The van der Waals surface area contributed by atoms with Gasteiger partial charge in [-0.3, -0.25) is 9.78 Å². The summed E-state index contributed by atoms with van der Waals surface area (Å²) in [6, 6.07) is 7.80. The fourth-order valence-corrected chi connectivity index (χ4v) is 1.50. The second kappa shape index (κ2) is 5.27. The maximum atomic E-state index is 13.3. The molecule has 1 aromatic heterocycles. The molecule has 2 rings (SSSR count). The summed E-state index contributed by atoms with van der Waals surface area (Å²) in [5.41, 5.74) is 0.683. The number of aromatic nitrogens is 1. The molecule has 1 amide bonds. The highest BCUT2D eigenvalue weighted by atomic mass is 19.1.